The fourth-order valence-electron chi connectivity index (χ4n) is 1.99. The van der Waals surface area contributed by atoms with Gasteiger partial charge in [0.1, 0.15) is 0 Å². The molecule has 0 fully saturated rings. The molecule has 94 valence electrons. The third-order valence-electron chi connectivity index (χ3n) is 2.95. The van der Waals surface area contributed by atoms with Crippen LogP contribution in [0.4, 0.5) is 5.69 Å². The summed E-state index contributed by atoms with van der Waals surface area (Å²) in [5.41, 5.74) is 3.45. The fourth-order valence-corrected chi connectivity index (χ4v) is 1.99. The van der Waals surface area contributed by atoms with Gasteiger partial charge in [-0.2, -0.15) is 5.10 Å². The highest BCUT2D eigenvalue weighted by Crippen LogP contribution is 2.12. The van der Waals surface area contributed by atoms with E-state index < -0.39 is 0 Å². The SMILES string of the molecule is c1ccc(NCc2cccc(-n3cccn3)c2)cc1. The molecule has 1 aromatic heterocycles. The van der Waals surface area contributed by atoms with Crippen LogP contribution in [0.2, 0.25) is 0 Å². The Labute approximate surface area is 112 Å². The molecule has 0 radical (unpaired) electrons. The lowest BCUT2D eigenvalue weighted by Crippen LogP contribution is -2.01. The Kier molecular flexibility index (Phi) is 3.28. The third-order valence-corrected chi connectivity index (χ3v) is 2.95. The Morgan fingerprint density at radius 2 is 1.84 bits per heavy atom. The smallest absolute Gasteiger partial charge is 0.0648 e. The third kappa shape index (κ3) is 2.83. The lowest BCUT2D eigenvalue weighted by molar-refractivity contribution is 0.877. The van der Waals surface area contributed by atoms with Crippen LogP contribution in [0.3, 0.4) is 0 Å². The summed E-state index contributed by atoms with van der Waals surface area (Å²) in [5, 5.41) is 7.65. The molecule has 3 aromatic rings. The standard InChI is InChI=1S/C16H15N3/c1-2-7-15(8-3-1)17-13-14-6-4-9-16(12-14)19-11-5-10-18-19/h1-12,17H,13H2. The molecule has 0 bridgehead atoms. The van der Waals surface area contributed by atoms with E-state index >= 15 is 0 Å². The summed E-state index contributed by atoms with van der Waals surface area (Å²) in [6.45, 7) is 0.805. The lowest BCUT2D eigenvalue weighted by atomic mass is 10.2. The van der Waals surface area contributed by atoms with Crippen molar-refractivity contribution in [3.8, 4) is 5.69 Å². The first-order chi connectivity index (χ1) is 9.42. The molecule has 0 atom stereocenters. The zero-order chi connectivity index (χ0) is 12.9. The molecule has 3 rings (SSSR count). The average molecular weight is 249 g/mol. The number of benzene rings is 2. The second kappa shape index (κ2) is 5.40. The Balaban J connectivity index is 1.74. The monoisotopic (exact) mass is 249 g/mol. The average Bonchev–Trinajstić information content (AvgIpc) is 3.01. The molecule has 1 heterocycles. The highest BCUT2D eigenvalue weighted by atomic mass is 15.3. The molecule has 0 unspecified atom stereocenters. The maximum absolute atomic E-state index is 4.24. The van der Waals surface area contributed by atoms with Gasteiger partial charge in [-0.05, 0) is 35.9 Å². The van der Waals surface area contributed by atoms with E-state index in [0.717, 1.165) is 17.9 Å². The summed E-state index contributed by atoms with van der Waals surface area (Å²) in [6.07, 6.45) is 3.73. The number of hydrogen-bond acceptors (Lipinski definition) is 2. The molecule has 3 nitrogen and oxygen atoms in total. The molecule has 0 aliphatic heterocycles. The Morgan fingerprint density at radius 3 is 2.63 bits per heavy atom. The molecule has 0 amide bonds. The van der Waals surface area contributed by atoms with E-state index in [9.17, 15) is 0 Å². The number of anilines is 1. The van der Waals surface area contributed by atoms with E-state index in [2.05, 4.69) is 46.8 Å². The summed E-state index contributed by atoms with van der Waals surface area (Å²) < 4.78 is 1.87. The molecule has 0 spiro atoms. The first-order valence-corrected chi connectivity index (χ1v) is 6.30. The first kappa shape index (κ1) is 11.5. The first-order valence-electron chi connectivity index (χ1n) is 6.30. The van der Waals surface area contributed by atoms with Crippen molar-refractivity contribution in [3.63, 3.8) is 0 Å². The van der Waals surface area contributed by atoms with E-state index in [1.165, 1.54) is 5.56 Å². The van der Waals surface area contributed by atoms with Crippen LogP contribution in [0.15, 0.2) is 73.1 Å². The van der Waals surface area contributed by atoms with Crippen LogP contribution in [-0.4, -0.2) is 9.78 Å². The Bertz CT molecular complexity index is 630. The zero-order valence-corrected chi connectivity index (χ0v) is 10.5. The predicted octanol–water partition coefficient (Wildman–Crippen LogP) is 3.48. The van der Waals surface area contributed by atoms with Crippen LogP contribution >= 0.6 is 0 Å². The van der Waals surface area contributed by atoms with E-state index in [-0.39, 0.29) is 0 Å². The molecule has 0 saturated heterocycles. The van der Waals surface area contributed by atoms with Crippen LogP contribution < -0.4 is 5.32 Å². The molecular weight excluding hydrogens is 234 g/mol. The summed E-state index contributed by atoms with van der Waals surface area (Å²) in [4.78, 5) is 0. The second-order valence-corrected chi connectivity index (χ2v) is 4.34. The van der Waals surface area contributed by atoms with Crippen LogP contribution in [-0.2, 0) is 6.54 Å². The molecule has 3 heteroatoms. The summed E-state index contributed by atoms with van der Waals surface area (Å²) in [7, 11) is 0. The van der Waals surface area contributed by atoms with E-state index in [0.29, 0.717) is 0 Å². The molecule has 19 heavy (non-hydrogen) atoms. The van der Waals surface area contributed by atoms with E-state index in [1.807, 2.05) is 35.1 Å². The van der Waals surface area contributed by atoms with Crippen molar-refractivity contribution < 1.29 is 0 Å². The topological polar surface area (TPSA) is 29.9 Å². The molecular formula is C16H15N3. The van der Waals surface area contributed by atoms with Gasteiger partial charge in [0.25, 0.3) is 0 Å². The highest BCUT2D eigenvalue weighted by Gasteiger charge is 1.98. The van der Waals surface area contributed by atoms with Crippen molar-refractivity contribution in [2.45, 2.75) is 6.54 Å². The lowest BCUT2D eigenvalue weighted by Gasteiger charge is -2.08. The van der Waals surface area contributed by atoms with Gasteiger partial charge >= 0.3 is 0 Å². The van der Waals surface area contributed by atoms with Gasteiger partial charge in [0.05, 0.1) is 5.69 Å². The van der Waals surface area contributed by atoms with E-state index in [4.69, 9.17) is 0 Å². The molecule has 0 aliphatic carbocycles. The van der Waals surface area contributed by atoms with Crippen LogP contribution in [0.1, 0.15) is 5.56 Å². The van der Waals surface area contributed by atoms with Gasteiger partial charge in [-0.25, -0.2) is 4.68 Å². The highest BCUT2D eigenvalue weighted by molar-refractivity contribution is 5.44. The minimum Gasteiger partial charge on any atom is -0.381 e. The van der Waals surface area contributed by atoms with Gasteiger partial charge in [0.2, 0.25) is 0 Å². The van der Waals surface area contributed by atoms with Crippen molar-refractivity contribution in [2.24, 2.45) is 0 Å². The number of nitrogens with zero attached hydrogens (tertiary/aromatic N) is 2. The van der Waals surface area contributed by atoms with Crippen molar-refractivity contribution in [2.75, 3.05) is 5.32 Å². The van der Waals surface area contributed by atoms with Gasteiger partial charge in [0, 0.05) is 24.6 Å². The number of hydrogen-bond donors (Lipinski definition) is 1. The van der Waals surface area contributed by atoms with Gasteiger partial charge in [-0.15, -0.1) is 0 Å². The molecule has 1 N–H and O–H groups in total. The van der Waals surface area contributed by atoms with Crippen LogP contribution in [0.25, 0.3) is 5.69 Å². The van der Waals surface area contributed by atoms with Crippen molar-refractivity contribution in [1.29, 1.82) is 0 Å². The number of aromatic nitrogens is 2. The van der Waals surface area contributed by atoms with E-state index in [1.54, 1.807) is 6.20 Å². The van der Waals surface area contributed by atoms with Crippen LogP contribution in [0.5, 0.6) is 0 Å². The largest absolute Gasteiger partial charge is 0.381 e. The van der Waals surface area contributed by atoms with Crippen LogP contribution in [0, 0.1) is 0 Å². The molecule has 0 saturated carbocycles. The number of para-hydroxylation sites is 1. The zero-order valence-electron chi connectivity index (χ0n) is 10.5. The Hall–Kier alpha value is -2.55. The van der Waals surface area contributed by atoms with Gasteiger partial charge in [-0.1, -0.05) is 30.3 Å². The quantitative estimate of drug-likeness (QED) is 0.767. The van der Waals surface area contributed by atoms with Crippen molar-refractivity contribution in [1.82, 2.24) is 9.78 Å². The maximum Gasteiger partial charge on any atom is 0.0648 e. The Morgan fingerprint density at radius 1 is 0.947 bits per heavy atom. The minimum atomic E-state index is 0.805. The summed E-state index contributed by atoms with van der Waals surface area (Å²) in [6, 6.07) is 20.5. The van der Waals surface area contributed by atoms with Gasteiger partial charge < -0.3 is 5.32 Å². The summed E-state index contributed by atoms with van der Waals surface area (Å²) >= 11 is 0. The van der Waals surface area contributed by atoms with Crippen molar-refractivity contribution in [3.05, 3.63) is 78.6 Å². The van der Waals surface area contributed by atoms with Gasteiger partial charge in [-0.3, -0.25) is 0 Å². The minimum absolute atomic E-state index is 0.805. The van der Waals surface area contributed by atoms with Crippen molar-refractivity contribution >= 4 is 5.69 Å². The number of rotatable bonds is 4. The maximum atomic E-state index is 4.24. The van der Waals surface area contributed by atoms with Gasteiger partial charge in [0.15, 0.2) is 0 Å². The second-order valence-electron chi connectivity index (χ2n) is 4.34. The fraction of sp³-hybridized carbons (Fsp3) is 0.0625. The normalized spacial score (nSPS) is 10.3. The summed E-state index contributed by atoms with van der Waals surface area (Å²) in [5.74, 6) is 0. The predicted molar refractivity (Wildman–Crippen MR) is 77.3 cm³/mol. The number of nitrogens with one attached hydrogen (secondary N) is 1. The molecule has 0 aliphatic rings. The molecule has 2 aromatic carbocycles.